The SMILES string of the molecule is CC(=O)c1c(C)[nH]c(C(c2ccc[nH]2)c2cc3ccccc3o2)c1C. The predicted molar refractivity (Wildman–Crippen MR) is 98.2 cm³/mol. The summed E-state index contributed by atoms with van der Waals surface area (Å²) in [5.74, 6) is 0.810. The summed E-state index contributed by atoms with van der Waals surface area (Å²) in [4.78, 5) is 18.8. The van der Waals surface area contributed by atoms with Gasteiger partial charge in [-0.25, -0.2) is 0 Å². The number of Topliss-reactive ketones (excluding diaryl/α,β-unsaturated/α-hetero) is 1. The fourth-order valence-electron chi connectivity index (χ4n) is 3.71. The Morgan fingerprint density at radius 2 is 1.92 bits per heavy atom. The van der Waals surface area contributed by atoms with Crippen molar-refractivity contribution in [2.45, 2.75) is 26.7 Å². The summed E-state index contributed by atoms with van der Waals surface area (Å²) in [5, 5.41) is 1.07. The van der Waals surface area contributed by atoms with Gasteiger partial charge in [0.15, 0.2) is 5.78 Å². The number of ketones is 1. The van der Waals surface area contributed by atoms with E-state index < -0.39 is 0 Å². The number of H-pyrrole nitrogens is 2. The van der Waals surface area contributed by atoms with Gasteiger partial charge in [0.1, 0.15) is 11.3 Å². The average Bonchev–Trinajstić information content (AvgIpc) is 3.28. The number of hydrogen-bond acceptors (Lipinski definition) is 2. The molecule has 0 amide bonds. The highest BCUT2D eigenvalue weighted by atomic mass is 16.3. The number of benzene rings is 1. The third-order valence-corrected chi connectivity index (χ3v) is 4.78. The zero-order valence-electron chi connectivity index (χ0n) is 14.5. The minimum atomic E-state index is -0.116. The monoisotopic (exact) mass is 332 g/mol. The van der Waals surface area contributed by atoms with E-state index in [0.717, 1.165) is 44.9 Å². The molecule has 126 valence electrons. The third kappa shape index (κ3) is 2.50. The van der Waals surface area contributed by atoms with Gasteiger partial charge in [0, 0.05) is 34.2 Å². The first-order chi connectivity index (χ1) is 12.1. The molecule has 0 saturated heterocycles. The molecule has 3 heterocycles. The number of fused-ring (bicyclic) bond motifs is 1. The number of carbonyl (C=O) groups is 1. The molecule has 4 heteroatoms. The van der Waals surface area contributed by atoms with E-state index in [1.165, 1.54) is 0 Å². The molecule has 0 radical (unpaired) electrons. The lowest BCUT2D eigenvalue weighted by molar-refractivity contribution is 0.101. The summed E-state index contributed by atoms with van der Waals surface area (Å²) in [6.45, 7) is 5.55. The van der Waals surface area contributed by atoms with Gasteiger partial charge in [-0.15, -0.1) is 0 Å². The second-order valence-corrected chi connectivity index (χ2v) is 6.46. The maximum absolute atomic E-state index is 12.0. The van der Waals surface area contributed by atoms with Crippen LogP contribution < -0.4 is 0 Å². The number of hydrogen-bond donors (Lipinski definition) is 2. The number of carbonyl (C=O) groups excluding carboxylic acids is 1. The Kier molecular flexibility index (Phi) is 3.61. The zero-order chi connectivity index (χ0) is 17.6. The first-order valence-corrected chi connectivity index (χ1v) is 8.38. The first kappa shape index (κ1) is 15.5. The molecule has 0 bridgehead atoms. The summed E-state index contributed by atoms with van der Waals surface area (Å²) in [6.07, 6.45) is 1.90. The topological polar surface area (TPSA) is 61.8 Å². The van der Waals surface area contributed by atoms with E-state index in [9.17, 15) is 4.79 Å². The van der Waals surface area contributed by atoms with Gasteiger partial charge in [0.05, 0.1) is 5.92 Å². The highest BCUT2D eigenvalue weighted by Crippen LogP contribution is 2.37. The lowest BCUT2D eigenvalue weighted by atomic mass is 9.94. The van der Waals surface area contributed by atoms with E-state index in [0.29, 0.717) is 0 Å². The van der Waals surface area contributed by atoms with Crippen LogP contribution in [0.2, 0.25) is 0 Å². The largest absolute Gasteiger partial charge is 0.460 e. The molecule has 1 aromatic carbocycles. The van der Waals surface area contributed by atoms with Crippen molar-refractivity contribution in [3.05, 3.63) is 82.6 Å². The molecule has 0 aliphatic rings. The minimum Gasteiger partial charge on any atom is -0.460 e. The Bertz CT molecular complexity index is 1020. The van der Waals surface area contributed by atoms with Crippen molar-refractivity contribution in [3.63, 3.8) is 0 Å². The number of rotatable bonds is 4. The summed E-state index contributed by atoms with van der Waals surface area (Å²) >= 11 is 0. The van der Waals surface area contributed by atoms with E-state index >= 15 is 0 Å². The van der Waals surface area contributed by atoms with Crippen molar-refractivity contribution in [2.75, 3.05) is 0 Å². The molecule has 3 aromatic heterocycles. The fraction of sp³-hybridized carbons (Fsp3) is 0.190. The van der Waals surface area contributed by atoms with Crippen LogP contribution in [0, 0.1) is 13.8 Å². The Morgan fingerprint density at radius 3 is 2.56 bits per heavy atom. The Labute approximate surface area is 145 Å². The van der Waals surface area contributed by atoms with Crippen LogP contribution >= 0.6 is 0 Å². The quantitative estimate of drug-likeness (QED) is 0.511. The van der Waals surface area contributed by atoms with Crippen LogP contribution in [0.4, 0.5) is 0 Å². The Hall–Kier alpha value is -3.01. The number of aryl methyl sites for hydroxylation is 1. The molecule has 4 rings (SSSR count). The smallest absolute Gasteiger partial charge is 0.161 e. The standard InChI is InChI=1S/C21H20N2O2/c1-12-19(14(3)24)13(2)23-21(12)20(16-8-6-10-22-16)18-11-15-7-4-5-9-17(15)25-18/h4-11,20,22-23H,1-3H3. The number of para-hydroxylation sites is 1. The maximum Gasteiger partial charge on any atom is 0.161 e. The second kappa shape index (κ2) is 5.81. The van der Waals surface area contributed by atoms with Gasteiger partial charge < -0.3 is 14.4 Å². The van der Waals surface area contributed by atoms with Gasteiger partial charge in [0.25, 0.3) is 0 Å². The average molecular weight is 332 g/mol. The van der Waals surface area contributed by atoms with Crippen LogP contribution in [0.1, 0.15) is 51.6 Å². The lowest BCUT2D eigenvalue weighted by Crippen LogP contribution is -2.05. The van der Waals surface area contributed by atoms with Crippen LogP contribution in [-0.4, -0.2) is 15.8 Å². The molecule has 2 N–H and O–H groups in total. The molecule has 1 unspecified atom stereocenters. The first-order valence-electron chi connectivity index (χ1n) is 8.38. The number of nitrogens with one attached hydrogen (secondary N) is 2. The lowest BCUT2D eigenvalue weighted by Gasteiger charge is -2.14. The van der Waals surface area contributed by atoms with Crippen molar-refractivity contribution in [2.24, 2.45) is 0 Å². The normalized spacial score (nSPS) is 12.6. The van der Waals surface area contributed by atoms with Crippen LogP contribution in [0.15, 0.2) is 53.1 Å². The van der Waals surface area contributed by atoms with E-state index in [2.05, 4.69) is 16.0 Å². The van der Waals surface area contributed by atoms with Gasteiger partial charge in [0.2, 0.25) is 0 Å². The fourth-order valence-corrected chi connectivity index (χ4v) is 3.71. The van der Waals surface area contributed by atoms with Crippen LogP contribution in [0.3, 0.4) is 0 Å². The molecule has 1 atom stereocenters. The second-order valence-electron chi connectivity index (χ2n) is 6.46. The summed E-state index contributed by atoms with van der Waals surface area (Å²) in [6, 6.07) is 14.1. The molecule has 0 aliphatic heterocycles. The predicted octanol–water partition coefficient (Wildman–Crippen LogP) is 5.09. The summed E-state index contributed by atoms with van der Waals surface area (Å²) in [7, 11) is 0. The summed E-state index contributed by atoms with van der Waals surface area (Å²) < 4.78 is 6.15. The molecule has 0 saturated carbocycles. The maximum atomic E-state index is 12.0. The molecule has 4 aromatic rings. The van der Waals surface area contributed by atoms with Gasteiger partial charge in [-0.05, 0) is 50.6 Å². The number of aromatic amines is 2. The van der Waals surface area contributed by atoms with E-state index in [1.54, 1.807) is 6.92 Å². The van der Waals surface area contributed by atoms with Crippen molar-refractivity contribution in [3.8, 4) is 0 Å². The van der Waals surface area contributed by atoms with Crippen molar-refractivity contribution >= 4 is 16.8 Å². The van der Waals surface area contributed by atoms with Crippen LogP contribution in [0.25, 0.3) is 11.0 Å². The minimum absolute atomic E-state index is 0.0762. The molecule has 4 nitrogen and oxygen atoms in total. The molecular formula is C21H20N2O2. The number of furan rings is 1. The Morgan fingerprint density at radius 1 is 1.12 bits per heavy atom. The van der Waals surface area contributed by atoms with E-state index in [-0.39, 0.29) is 11.7 Å². The number of aromatic nitrogens is 2. The van der Waals surface area contributed by atoms with E-state index in [1.807, 2.05) is 56.4 Å². The van der Waals surface area contributed by atoms with Gasteiger partial charge in [-0.2, -0.15) is 0 Å². The molecule has 0 aliphatic carbocycles. The van der Waals surface area contributed by atoms with Gasteiger partial charge in [-0.1, -0.05) is 18.2 Å². The van der Waals surface area contributed by atoms with E-state index in [4.69, 9.17) is 4.42 Å². The molecule has 25 heavy (non-hydrogen) atoms. The van der Waals surface area contributed by atoms with Gasteiger partial charge in [-0.3, -0.25) is 4.79 Å². The van der Waals surface area contributed by atoms with Crippen LogP contribution in [-0.2, 0) is 0 Å². The summed E-state index contributed by atoms with van der Waals surface area (Å²) in [5.41, 5.74) is 5.52. The van der Waals surface area contributed by atoms with Crippen molar-refractivity contribution < 1.29 is 9.21 Å². The molecular weight excluding hydrogens is 312 g/mol. The van der Waals surface area contributed by atoms with Crippen molar-refractivity contribution in [1.29, 1.82) is 0 Å². The van der Waals surface area contributed by atoms with Crippen LogP contribution in [0.5, 0.6) is 0 Å². The highest BCUT2D eigenvalue weighted by molar-refractivity contribution is 5.97. The van der Waals surface area contributed by atoms with Crippen molar-refractivity contribution in [1.82, 2.24) is 9.97 Å². The Balaban J connectivity index is 1.94. The van der Waals surface area contributed by atoms with Gasteiger partial charge >= 0.3 is 0 Å². The molecule has 0 spiro atoms. The zero-order valence-corrected chi connectivity index (χ0v) is 14.5. The molecule has 0 fully saturated rings. The third-order valence-electron chi connectivity index (χ3n) is 4.78. The highest BCUT2D eigenvalue weighted by Gasteiger charge is 2.27.